The molecule has 1 aromatic heterocycles. The highest BCUT2D eigenvalue weighted by Gasteiger charge is 2.43. The molecule has 1 N–H and O–H groups in total. The number of hydrogen-bond acceptors (Lipinski definition) is 1. The molecule has 3 rings (SSSR count). The molecule has 2 nitrogen and oxygen atoms in total. The fraction of sp³-hybridized carbons (Fsp3) is 0.375. The zero-order valence-corrected chi connectivity index (χ0v) is 12.5. The third-order valence-electron chi connectivity index (χ3n) is 4.24. The maximum absolute atomic E-state index is 13.7. The van der Waals surface area contributed by atoms with Gasteiger partial charge in [0.15, 0.2) is 0 Å². The molecule has 9 heteroatoms. The maximum Gasteiger partial charge on any atom is 0.418 e. The molecule has 2 atom stereocenters. The molecule has 0 saturated heterocycles. The lowest BCUT2D eigenvalue weighted by Gasteiger charge is -2.25. The van der Waals surface area contributed by atoms with Crippen LogP contribution in [0.15, 0.2) is 24.4 Å². The lowest BCUT2D eigenvalue weighted by molar-refractivity contribution is -0.139. The fourth-order valence-electron chi connectivity index (χ4n) is 3.06. The molecule has 25 heavy (non-hydrogen) atoms. The molecule has 0 saturated carbocycles. The monoisotopic (exact) mass is 367 g/mol. The van der Waals surface area contributed by atoms with Gasteiger partial charge in [-0.3, -0.25) is 0 Å². The summed E-state index contributed by atoms with van der Waals surface area (Å²) < 4.78 is 93.5. The number of alkyl halides is 6. The number of halogens is 7. The van der Waals surface area contributed by atoms with E-state index >= 15 is 0 Å². The number of fused-ring (bicyclic) bond motifs is 1. The summed E-state index contributed by atoms with van der Waals surface area (Å²) in [7, 11) is 0. The normalized spacial score (nSPS) is 20.8. The van der Waals surface area contributed by atoms with Crippen LogP contribution in [-0.2, 0) is 12.6 Å². The van der Waals surface area contributed by atoms with Crippen LogP contribution in [0.1, 0.15) is 41.3 Å². The first kappa shape index (κ1) is 17.8. The number of nitrogens with zero attached hydrogens (tertiary/aromatic N) is 1. The topological polar surface area (TPSA) is 25.2 Å². The van der Waals surface area contributed by atoms with Gasteiger partial charge in [-0.25, -0.2) is 17.6 Å². The van der Waals surface area contributed by atoms with E-state index in [1.54, 1.807) is 0 Å². The highest BCUT2D eigenvalue weighted by Crippen LogP contribution is 2.43. The SMILES string of the molecule is O[C@@H]1c2c(C(F)(F)F)cn(-c3ccc(F)c(C(F)F)c3)c2CC[C@@H]1F. The minimum atomic E-state index is -4.86. The summed E-state index contributed by atoms with van der Waals surface area (Å²) in [5.74, 6) is -1.18. The van der Waals surface area contributed by atoms with Crippen molar-refractivity contribution < 1.29 is 35.8 Å². The van der Waals surface area contributed by atoms with E-state index in [2.05, 4.69) is 0 Å². The van der Waals surface area contributed by atoms with Gasteiger partial charge in [0.05, 0.1) is 11.1 Å². The van der Waals surface area contributed by atoms with Crippen molar-refractivity contribution in [1.82, 2.24) is 4.57 Å². The average molecular weight is 367 g/mol. The smallest absolute Gasteiger partial charge is 0.385 e. The van der Waals surface area contributed by atoms with E-state index in [1.807, 2.05) is 0 Å². The van der Waals surface area contributed by atoms with Gasteiger partial charge >= 0.3 is 6.18 Å². The Morgan fingerprint density at radius 1 is 1.20 bits per heavy atom. The van der Waals surface area contributed by atoms with Crippen molar-refractivity contribution in [3.63, 3.8) is 0 Å². The van der Waals surface area contributed by atoms with E-state index in [-0.39, 0.29) is 24.2 Å². The Kier molecular flexibility index (Phi) is 4.30. The van der Waals surface area contributed by atoms with Crippen molar-refractivity contribution in [3.05, 3.63) is 52.6 Å². The molecule has 0 unspecified atom stereocenters. The molecule has 1 heterocycles. The summed E-state index contributed by atoms with van der Waals surface area (Å²) in [6, 6.07) is 2.53. The van der Waals surface area contributed by atoms with Gasteiger partial charge in [0, 0.05) is 23.1 Å². The van der Waals surface area contributed by atoms with E-state index in [9.17, 15) is 35.8 Å². The number of aliphatic hydroxyl groups is 1. The van der Waals surface area contributed by atoms with Crippen LogP contribution in [0, 0.1) is 5.82 Å². The molecule has 0 radical (unpaired) electrons. The average Bonchev–Trinajstić information content (AvgIpc) is 2.91. The molecule has 0 bridgehead atoms. The Morgan fingerprint density at radius 3 is 2.48 bits per heavy atom. The second-order valence-electron chi connectivity index (χ2n) is 5.78. The van der Waals surface area contributed by atoms with Crippen LogP contribution in [0.2, 0.25) is 0 Å². The predicted molar refractivity (Wildman–Crippen MR) is 73.9 cm³/mol. The van der Waals surface area contributed by atoms with Gasteiger partial charge in [0.2, 0.25) is 0 Å². The van der Waals surface area contributed by atoms with Gasteiger partial charge in [0.25, 0.3) is 6.43 Å². The molecule has 0 aliphatic heterocycles. The fourth-order valence-corrected chi connectivity index (χ4v) is 3.06. The number of aliphatic hydroxyl groups excluding tert-OH is 1. The standard InChI is InChI=1S/C16H12F7NO/c17-10-2-1-7(5-8(10)15(19)20)24-6-9(16(21,22)23)13-12(24)4-3-11(18)14(13)25/h1-2,5-6,11,14-15,25H,3-4H2/t11-,14-/m0/s1. The molecular weight excluding hydrogens is 355 g/mol. The molecule has 0 fully saturated rings. The van der Waals surface area contributed by atoms with Gasteiger partial charge in [-0.15, -0.1) is 0 Å². The van der Waals surface area contributed by atoms with E-state index in [1.165, 1.54) is 0 Å². The van der Waals surface area contributed by atoms with Crippen LogP contribution in [0.5, 0.6) is 0 Å². The molecule has 1 aliphatic carbocycles. The number of hydrogen-bond donors (Lipinski definition) is 1. The zero-order chi connectivity index (χ0) is 18.5. The zero-order valence-electron chi connectivity index (χ0n) is 12.5. The predicted octanol–water partition coefficient (Wildman–Crippen LogP) is 4.89. The quantitative estimate of drug-likeness (QED) is 0.752. The van der Waals surface area contributed by atoms with Gasteiger partial charge in [-0.2, -0.15) is 13.2 Å². The summed E-state index contributed by atoms with van der Waals surface area (Å²) in [6.07, 6.45) is -11.5. The summed E-state index contributed by atoms with van der Waals surface area (Å²) in [5.41, 5.74) is -2.93. The first-order valence-electron chi connectivity index (χ1n) is 7.32. The van der Waals surface area contributed by atoms with E-state index in [0.29, 0.717) is 6.20 Å². The van der Waals surface area contributed by atoms with Crippen LogP contribution < -0.4 is 0 Å². The van der Waals surface area contributed by atoms with Crippen LogP contribution in [0.4, 0.5) is 30.7 Å². The van der Waals surface area contributed by atoms with E-state index < -0.39 is 47.4 Å². The Balaban J connectivity index is 2.22. The van der Waals surface area contributed by atoms with Gasteiger partial charge < -0.3 is 9.67 Å². The van der Waals surface area contributed by atoms with Crippen LogP contribution >= 0.6 is 0 Å². The number of aromatic nitrogens is 1. The first-order chi connectivity index (χ1) is 11.6. The highest BCUT2D eigenvalue weighted by atomic mass is 19.4. The molecule has 1 aliphatic rings. The number of rotatable bonds is 2. The Hall–Kier alpha value is -2.03. The number of benzene rings is 1. The molecule has 136 valence electrons. The van der Waals surface area contributed by atoms with Crippen molar-refractivity contribution in [2.24, 2.45) is 0 Å². The minimum Gasteiger partial charge on any atom is -0.385 e. The van der Waals surface area contributed by atoms with E-state index in [4.69, 9.17) is 0 Å². The second kappa shape index (κ2) is 6.05. The minimum absolute atomic E-state index is 0.0273. The van der Waals surface area contributed by atoms with Gasteiger partial charge in [-0.05, 0) is 31.0 Å². The Labute approximate surface area is 137 Å². The largest absolute Gasteiger partial charge is 0.418 e. The van der Waals surface area contributed by atoms with Crippen LogP contribution in [0.25, 0.3) is 5.69 Å². The van der Waals surface area contributed by atoms with Crippen molar-refractivity contribution in [2.45, 2.75) is 37.7 Å². The molecule has 1 aromatic carbocycles. The van der Waals surface area contributed by atoms with Gasteiger partial charge in [-0.1, -0.05) is 0 Å². The highest BCUT2D eigenvalue weighted by molar-refractivity contribution is 5.47. The van der Waals surface area contributed by atoms with Crippen LogP contribution in [0.3, 0.4) is 0 Å². The van der Waals surface area contributed by atoms with Gasteiger partial charge in [0.1, 0.15) is 18.1 Å². The Bertz CT molecular complexity index is 797. The van der Waals surface area contributed by atoms with Crippen LogP contribution in [-0.4, -0.2) is 15.8 Å². The van der Waals surface area contributed by atoms with Crippen molar-refractivity contribution in [1.29, 1.82) is 0 Å². The summed E-state index contributed by atoms with van der Waals surface area (Å²) in [5, 5.41) is 9.85. The molecule has 2 aromatic rings. The summed E-state index contributed by atoms with van der Waals surface area (Å²) in [6.45, 7) is 0. The second-order valence-corrected chi connectivity index (χ2v) is 5.78. The molecule has 0 amide bonds. The lowest BCUT2D eigenvalue weighted by Crippen LogP contribution is -2.24. The molecule has 0 spiro atoms. The first-order valence-corrected chi connectivity index (χ1v) is 7.32. The third kappa shape index (κ3) is 3.01. The summed E-state index contributed by atoms with van der Waals surface area (Å²) in [4.78, 5) is 0. The van der Waals surface area contributed by atoms with Crippen molar-refractivity contribution in [3.8, 4) is 5.69 Å². The summed E-state index contributed by atoms with van der Waals surface area (Å²) >= 11 is 0. The van der Waals surface area contributed by atoms with Crippen molar-refractivity contribution >= 4 is 0 Å². The Morgan fingerprint density at radius 2 is 1.88 bits per heavy atom. The maximum atomic E-state index is 13.7. The molecular formula is C16H12F7NO. The van der Waals surface area contributed by atoms with Crippen molar-refractivity contribution in [2.75, 3.05) is 0 Å². The lowest BCUT2D eigenvalue weighted by atomic mass is 9.90. The van der Waals surface area contributed by atoms with E-state index in [0.717, 1.165) is 22.8 Å². The third-order valence-corrected chi connectivity index (χ3v) is 4.24.